The summed E-state index contributed by atoms with van der Waals surface area (Å²) in [5.74, 6) is 0.0692. The summed E-state index contributed by atoms with van der Waals surface area (Å²) in [5.41, 5.74) is 8.89. The molecule has 1 fully saturated rings. The van der Waals surface area contributed by atoms with Crippen LogP contribution in [0, 0.1) is 0 Å². The van der Waals surface area contributed by atoms with Gasteiger partial charge in [-0.05, 0) is 37.1 Å². The monoisotopic (exact) mass is 289 g/mol. The van der Waals surface area contributed by atoms with Crippen LogP contribution < -0.4 is 10.6 Å². The zero-order valence-corrected chi connectivity index (χ0v) is 12.5. The number of rotatable bonds is 2. The molecule has 1 saturated heterocycles. The van der Waals surface area contributed by atoms with Gasteiger partial charge in [0.25, 0.3) is 5.91 Å². The highest BCUT2D eigenvalue weighted by atomic mass is 16.5. The van der Waals surface area contributed by atoms with Crippen molar-refractivity contribution < 1.29 is 9.53 Å². The molecule has 5 heteroatoms. The van der Waals surface area contributed by atoms with E-state index in [4.69, 9.17) is 10.5 Å². The van der Waals surface area contributed by atoms with Crippen molar-refractivity contribution in [1.82, 2.24) is 4.90 Å². The molecular weight excluding hydrogens is 266 g/mol. The Morgan fingerprint density at radius 1 is 1.43 bits per heavy atom. The van der Waals surface area contributed by atoms with E-state index in [1.807, 2.05) is 23.1 Å². The third-order valence-electron chi connectivity index (χ3n) is 4.43. The van der Waals surface area contributed by atoms with Gasteiger partial charge in [0.15, 0.2) is 0 Å². The number of ether oxygens (including phenoxy) is 1. The second-order valence-corrected chi connectivity index (χ2v) is 5.69. The Bertz CT molecular complexity index is 532. The molecule has 0 aliphatic carbocycles. The third-order valence-corrected chi connectivity index (χ3v) is 4.43. The minimum absolute atomic E-state index is 0.0692. The van der Waals surface area contributed by atoms with Crippen molar-refractivity contribution in [2.75, 3.05) is 43.4 Å². The van der Waals surface area contributed by atoms with E-state index in [1.165, 1.54) is 0 Å². The second kappa shape index (κ2) is 6.03. The molecule has 2 aliphatic rings. The highest BCUT2D eigenvalue weighted by Crippen LogP contribution is 2.32. The van der Waals surface area contributed by atoms with E-state index in [0.29, 0.717) is 13.2 Å². The Morgan fingerprint density at radius 2 is 2.29 bits per heavy atom. The number of anilines is 2. The van der Waals surface area contributed by atoms with Gasteiger partial charge < -0.3 is 15.4 Å². The molecule has 2 aliphatic heterocycles. The fraction of sp³-hybridized carbons (Fsp3) is 0.562. The normalized spacial score (nSPS) is 22.9. The smallest absolute Gasteiger partial charge is 0.257 e. The maximum absolute atomic E-state index is 12.8. The summed E-state index contributed by atoms with van der Waals surface area (Å²) in [5, 5.41) is 0. The van der Waals surface area contributed by atoms with Crippen molar-refractivity contribution in [3.05, 3.63) is 23.8 Å². The van der Waals surface area contributed by atoms with E-state index in [0.717, 1.165) is 49.4 Å². The Balaban J connectivity index is 1.82. The van der Waals surface area contributed by atoms with Gasteiger partial charge in [0, 0.05) is 31.0 Å². The van der Waals surface area contributed by atoms with Gasteiger partial charge >= 0.3 is 0 Å². The molecule has 2 N–H and O–H groups in total. The van der Waals surface area contributed by atoms with Crippen LogP contribution in [0.3, 0.4) is 0 Å². The van der Waals surface area contributed by atoms with Gasteiger partial charge in [-0.2, -0.15) is 0 Å². The molecule has 1 atom stereocenters. The molecule has 1 amide bonds. The van der Waals surface area contributed by atoms with Crippen molar-refractivity contribution in [3.63, 3.8) is 0 Å². The minimum Gasteiger partial charge on any atom is -0.398 e. The molecule has 0 radical (unpaired) electrons. The lowest BCUT2D eigenvalue weighted by molar-refractivity contribution is -0.135. The van der Waals surface area contributed by atoms with Crippen LogP contribution in [0.15, 0.2) is 18.2 Å². The molecule has 1 aromatic rings. The number of nitrogens with zero attached hydrogens (tertiary/aromatic N) is 2. The van der Waals surface area contributed by atoms with Crippen molar-refractivity contribution in [3.8, 4) is 0 Å². The van der Waals surface area contributed by atoms with Crippen LogP contribution in [0.2, 0.25) is 0 Å². The van der Waals surface area contributed by atoms with E-state index in [2.05, 4.69) is 11.8 Å². The number of likely N-dealkylation sites (N-methyl/N-ethyl adjacent to an activating group) is 1. The van der Waals surface area contributed by atoms with E-state index in [9.17, 15) is 4.79 Å². The molecule has 114 valence electrons. The Labute approximate surface area is 125 Å². The van der Waals surface area contributed by atoms with E-state index >= 15 is 0 Å². The van der Waals surface area contributed by atoms with Crippen LogP contribution >= 0.6 is 0 Å². The van der Waals surface area contributed by atoms with Gasteiger partial charge in [0.2, 0.25) is 0 Å². The summed E-state index contributed by atoms with van der Waals surface area (Å²) in [6, 6.07) is 5.81. The van der Waals surface area contributed by atoms with Crippen LogP contribution in [0.5, 0.6) is 0 Å². The van der Waals surface area contributed by atoms with Crippen LogP contribution in [0.4, 0.5) is 11.4 Å². The first-order chi connectivity index (χ1) is 10.2. The Morgan fingerprint density at radius 3 is 3.10 bits per heavy atom. The molecule has 2 heterocycles. The number of carbonyl (C=O) groups excluding carboxylic acids is 1. The van der Waals surface area contributed by atoms with Gasteiger partial charge in [-0.15, -0.1) is 0 Å². The second-order valence-electron chi connectivity index (χ2n) is 5.69. The van der Waals surface area contributed by atoms with Crippen molar-refractivity contribution in [2.24, 2.45) is 0 Å². The van der Waals surface area contributed by atoms with Gasteiger partial charge in [0.05, 0.1) is 6.61 Å². The quantitative estimate of drug-likeness (QED) is 0.833. The van der Waals surface area contributed by atoms with Crippen LogP contribution in [-0.2, 0) is 16.0 Å². The summed E-state index contributed by atoms with van der Waals surface area (Å²) < 4.78 is 5.71. The highest BCUT2D eigenvalue weighted by molar-refractivity contribution is 5.98. The van der Waals surface area contributed by atoms with Crippen molar-refractivity contribution in [2.45, 2.75) is 25.9 Å². The van der Waals surface area contributed by atoms with Crippen molar-refractivity contribution in [1.29, 1.82) is 0 Å². The number of nitrogens with two attached hydrogens (primary N) is 1. The molecule has 5 nitrogen and oxygen atoms in total. The van der Waals surface area contributed by atoms with Crippen LogP contribution in [0.25, 0.3) is 0 Å². The van der Waals surface area contributed by atoms with E-state index in [1.54, 1.807) is 0 Å². The molecule has 0 saturated carbocycles. The van der Waals surface area contributed by atoms with Crippen molar-refractivity contribution >= 4 is 17.3 Å². The molecule has 1 aromatic carbocycles. The topological polar surface area (TPSA) is 58.8 Å². The molecule has 0 spiro atoms. The predicted molar refractivity (Wildman–Crippen MR) is 83.4 cm³/mol. The summed E-state index contributed by atoms with van der Waals surface area (Å²) in [4.78, 5) is 16.9. The minimum atomic E-state index is -0.355. The zero-order valence-electron chi connectivity index (χ0n) is 12.5. The zero-order chi connectivity index (χ0) is 14.8. The van der Waals surface area contributed by atoms with Gasteiger partial charge in [-0.1, -0.05) is 13.0 Å². The number of hydrogen-bond donors (Lipinski definition) is 1. The summed E-state index contributed by atoms with van der Waals surface area (Å²) >= 11 is 0. The molecule has 1 unspecified atom stereocenters. The average Bonchev–Trinajstić information content (AvgIpc) is 2.54. The largest absolute Gasteiger partial charge is 0.398 e. The number of nitrogen functional groups attached to an aromatic ring is 1. The van der Waals surface area contributed by atoms with Gasteiger partial charge in [-0.25, -0.2) is 0 Å². The molecular formula is C16H23N3O2. The number of fused-ring (bicyclic) bond motifs is 1. The Hall–Kier alpha value is -1.59. The first kappa shape index (κ1) is 14.4. The number of hydrogen-bond acceptors (Lipinski definition) is 4. The Kier molecular flexibility index (Phi) is 4.12. The summed E-state index contributed by atoms with van der Waals surface area (Å²) in [7, 11) is 0. The maximum atomic E-state index is 12.8. The standard InChI is InChI=1S/C16H23N3O2/c1-2-18-9-10-21-15(11-18)16(20)19-8-4-5-12-13(17)6-3-7-14(12)19/h3,6-7,15H,2,4-5,8-11,17H2,1H3. The lowest BCUT2D eigenvalue weighted by atomic mass is 9.99. The first-order valence-corrected chi connectivity index (χ1v) is 7.73. The van der Waals surface area contributed by atoms with Crippen LogP contribution in [-0.4, -0.2) is 49.7 Å². The van der Waals surface area contributed by atoms with E-state index < -0.39 is 0 Å². The summed E-state index contributed by atoms with van der Waals surface area (Å²) in [6.07, 6.45) is 1.54. The number of morpholine rings is 1. The van der Waals surface area contributed by atoms with Gasteiger partial charge in [0.1, 0.15) is 6.10 Å². The molecule has 3 rings (SSSR count). The maximum Gasteiger partial charge on any atom is 0.257 e. The number of amides is 1. The predicted octanol–water partition coefficient (Wildman–Crippen LogP) is 1.27. The lowest BCUT2D eigenvalue weighted by Gasteiger charge is -2.36. The molecule has 21 heavy (non-hydrogen) atoms. The molecule has 0 aromatic heterocycles. The molecule has 0 bridgehead atoms. The fourth-order valence-corrected chi connectivity index (χ4v) is 3.19. The number of carbonyl (C=O) groups is 1. The van der Waals surface area contributed by atoms with Crippen LogP contribution in [0.1, 0.15) is 18.9 Å². The first-order valence-electron chi connectivity index (χ1n) is 7.73. The average molecular weight is 289 g/mol. The lowest BCUT2D eigenvalue weighted by Crippen LogP contribution is -2.52. The fourth-order valence-electron chi connectivity index (χ4n) is 3.19. The van der Waals surface area contributed by atoms with Gasteiger partial charge in [-0.3, -0.25) is 9.69 Å². The van der Waals surface area contributed by atoms with E-state index in [-0.39, 0.29) is 12.0 Å². The number of benzene rings is 1. The SMILES string of the molecule is CCN1CCOC(C(=O)N2CCCc3c(N)cccc32)C1. The summed E-state index contributed by atoms with van der Waals surface area (Å²) in [6.45, 7) is 6.04. The highest BCUT2D eigenvalue weighted by Gasteiger charge is 2.32. The third kappa shape index (κ3) is 2.76.